The Morgan fingerprint density at radius 1 is 1.15 bits per heavy atom. The molecular weight excluding hydrogens is 326 g/mol. The third-order valence-corrected chi connectivity index (χ3v) is 4.89. The highest BCUT2D eigenvalue weighted by Gasteiger charge is 2.23. The van der Waals surface area contributed by atoms with Gasteiger partial charge in [0, 0.05) is 31.0 Å². The minimum atomic E-state index is -0.142. The first kappa shape index (κ1) is 18.1. The van der Waals surface area contributed by atoms with Gasteiger partial charge in [-0.3, -0.25) is 0 Å². The first-order valence-electron chi connectivity index (χ1n) is 9.20. The van der Waals surface area contributed by atoms with E-state index in [0.717, 1.165) is 37.4 Å². The molecule has 0 radical (unpaired) electrons. The van der Waals surface area contributed by atoms with Crippen molar-refractivity contribution in [3.8, 4) is 5.75 Å². The van der Waals surface area contributed by atoms with Gasteiger partial charge in [-0.2, -0.15) is 0 Å². The van der Waals surface area contributed by atoms with Crippen molar-refractivity contribution < 1.29 is 9.53 Å². The smallest absolute Gasteiger partial charge is 0.319 e. The van der Waals surface area contributed by atoms with Gasteiger partial charge in [0.2, 0.25) is 0 Å². The third kappa shape index (κ3) is 4.69. The highest BCUT2D eigenvalue weighted by molar-refractivity contribution is 5.89. The summed E-state index contributed by atoms with van der Waals surface area (Å²) in [5, 5.41) is 5.89. The van der Waals surface area contributed by atoms with Crippen molar-refractivity contribution >= 4 is 17.4 Å². The van der Waals surface area contributed by atoms with E-state index in [4.69, 9.17) is 4.74 Å². The molecule has 5 heteroatoms. The van der Waals surface area contributed by atoms with Gasteiger partial charge in [-0.05, 0) is 60.7 Å². The van der Waals surface area contributed by atoms with Crippen LogP contribution in [0.5, 0.6) is 5.75 Å². The summed E-state index contributed by atoms with van der Waals surface area (Å²) in [6.45, 7) is 4.77. The first-order valence-corrected chi connectivity index (χ1v) is 9.20. The number of rotatable bonds is 6. The number of methoxy groups -OCH3 is 1. The number of carbonyl (C=O) groups excluding carboxylic acids is 1. The quantitative estimate of drug-likeness (QED) is 0.828. The molecule has 1 heterocycles. The Labute approximate surface area is 155 Å². The molecule has 1 unspecified atom stereocenters. The standard InChI is InChI=1S/C21H27N3O2/c1-3-16-4-6-18(7-5-16)23-21(25)22-14-17-12-13-24(15-17)19-8-10-20(26-2)11-9-19/h4-11,17H,3,12-15H2,1-2H3,(H2,22,23,25). The molecule has 26 heavy (non-hydrogen) atoms. The van der Waals surface area contributed by atoms with Crippen LogP contribution in [0.4, 0.5) is 16.2 Å². The molecule has 3 rings (SSSR count). The zero-order chi connectivity index (χ0) is 18.4. The highest BCUT2D eigenvalue weighted by atomic mass is 16.5. The Bertz CT molecular complexity index is 713. The van der Waals surface area contributed by atoms with E-state index in [1.54, 1.807) is 7.11 Å². The van der Waals surface area contributed by atoms with Crippen LogP contribution < -0.4 is 20.3 Å². The van der Waals surface area contributed by atoms with Crippen LogP contribution in [0.25, 0.3) is 0 Å². The minimum Gasteiger partial charge on any atom is -0.497 e. The molecular formula is C21H27N3O2. The Morgan fingerprint density at radius 3 is 2.54 bits per heavy atom. The number of nitrogens with one attached hydrogen (secondary N) is 2. The van der Waals surface area contributed by atoms with Gasteiger partial charge in [0.15, 0.2) is 0 Å². The Hall–Kier alpha value is -2.69. The molecule has 0 bridgehead atoms. The molecule has 1 aliphatic rings. The average Bonchev–Trinajstić information content (AvgIpc) is 3.16. The van der Waals surface area contributed by atoms with Gasteiger partial charge < -0.3 is 20.3 Å². The lowest BCUT2D eigenvalue weighted by Gasteiger charge is -2.19. The number of nitrogens with zero attached hydrogens (tertiary/aromatic N) is 1. The van der Waals surface area contributed by atoms with E-state index in [9.17, 15) is 4.79 Å². The number of ether oxygens (including phenoxy) is 1. The van der Waals surface area contributed by atoms with Gasteiger partial charge in [-0.25, -0.2) is 4.79 Å². The monoisotopic (exact) mass is 353 g/mol. The van der Waals surface area contributed by atoms with E-state index in [1.165, 1.54) is 11.3 Å². The zero-order valence-corrected chi connectivity index (χ0v) is 15.5. The van der Waals surface area contributed by atoms with Gasteiger partial charge in [0.25, 0.3) is 0 Å². The van der Waals surface area contributed by atoms with Crippen molar-refractivity contribution in [2.75, 3.05) is 37.0 Å². The van der Waals surface area contributed by atoms with Gasteiger partial charge in [0.1, 0.15) is 5.75 Å². The molecule has 0 saturated carbocycles. The van der Waals surface area contributed by atoms with E-state index < -0.39 is 0 Å². The number of aryl methyl sites for hydroxylation is 1. The molecule has 0 aliphatic carbocycles. The molecule has 1 atom stereocenters. The maximum atomic E-state index is 12.1. The van der Waals surface area contributed by atoms with E-state index in [0.29, 0.717) is 12.5 Å². The van der Waals surface area contributed by atoms with Crippen molar-refractivity contribution in [3.05, 3.63) is 54.1 Å². The topological polar surface area (TPSA) is 53.6 Å². The summed E-state index contributed by atoms with van der Waals surface area (Å²) >= 11 is 0. The molecule has 1 saturated heterocycles. The van der Waals surface area contributed by atoms with Crippen LogP contribution in [0, 0.1) is 5.92 Å². The summed E-state index contributed by atoms with van der Waals surface area (Å²) in [7, 11) is 1.68. The van der Waals surface area contributed by atoms with Crippen molar-refractivity contribution in [1.82, 2.24) is 5.32 Å². The van der Waals surface area contributed by atoms with Crippen LogP contribution in [0.1, 0.15) is 18.9 Å². The second-order valence-corrected chi connectivity index (χ2v) is 6.68. The average molecular weight is 353 g/mol. The summed E-state index contributed by atoms with van der Waals surface area (Å²) in [4.78, 5) is 14.5. The first-order chi connectivity index (χ1) is 12.7. The van der Waals surface area contributed by atoms with Crippen molar-refractivity contribution in [1.29, 1.82) is 0 Å². The highest BCUT2D eigenvalue weighted by Crippen LogP contribution is 2.25. The van der Waals surface area contributed by atoms with Gasteiger partial charge >= 0.3 is 6.03 Å². The number of hydrogen-bond donors (Lipinski definition) is 2. The van der Waals surface area contributed by atoms with Crippen LogP contribution in [-0.2, 0) is 6.42 Å². The lowest BCUT2D eigenvalue weighted by Crippen LogP contribution is -2.34. The van der Waals surface area contributed by atoms with Crippen molar-refractivity contribution in [2.45, 2.75) is 19.8 Å². The molecule has 2 aromatic carbocycles. The van der Waals surface area contributed by atoms with Crippen LogP contribution >= 0.6 is 0 Å². The Balaban J connectivity index is 1.43. The Kier molecular flexibility index (Phi) is 6.00. The molecule has 2 N–H and O–H groups in total. The SMILES string of the molecule is CCc1ccc(NC(=O)NCC2CCN(c3ccc(OC)cc3)C2)cc1. The fourth-order valence-electron chi connectivity index (χ4n) is 3.26. The summed E-state index contributed by atoms with van der Waals surface area (Å²) in [6.07, 6.45) is 2.08. The molecule has 5 nitrogen and oxygen atoms in total. The van der Waals surface area contributed by atoms with Gasteiger partial charge in [0.05, 0.1) is 7.11 Å². The molecule has 138 valence electrons. The van der Waals surface area contributed by atoms with Gasteiger partial charge in [-0.1, -0.05) is 19.1 Å². The second-order valence-electron chi connectivity index (χ2n) is 6.68. The van der Waals surface area contributed by atoms with Gasteiger partial charge in [-0.15, -0.1) is 0 Å². The Morgan fingerprint density at radius 2 is 1.88 bits per heavy atom. The maximum absolute atomic E-state index is 12.1. The number of urea groups is 1. The van der Waals surface area contributed by atoms with Crippen molar-refractivity contribution in [2.24, 2.45) is 5.92 Å². The van der Waals surface area contributed by atoms with Crippen molar-refractivity contribution in [3.63, 3.8) is 0 Å². The normalized spacial score (nSPS) is 16.4. The second kappa shape index (κ2) is 8.61. The predicted molar refractivity (Wildman–Crippen MR) is 106 cm³/mol. The molecule has 2 amide bonds. The predicted octanol–water partition coefficient (Wildman–Crippen LogP) is 3.91. The van der Waals surface area contributed by atoms with Crippen LogP contribution in [0.2, 0.25) is 0 Å². The molecule has 1 aliphatic heterocycles. The lowest BCUT2D eigenvalue weighted by molar-refractivity contribution is 0.250. The fraction of sp³-hybridized carbons (Fsp3) is 0.381. The van der Waals surface area contributed by atoms with E-state index >= 15 is 0 Å². The molecule has 0 spiro atoms. The number of anilines is 2. The maximum Gasteiger partial charge on any atom is 0.319 e. The van der Waals surface area contributed by atoms with E-state index in [-0.39, 0.29) is 6.03 Å². The fourth-order valence-corrected chi connectivity index (χ4v) is 3.26. The summed E-state index contributed by atoms with van der Waals surface area (Å²) in [5.41, 5.74) is 3.29. The minimum absolute atomic E-state index is 0.142. The number of amides is 2. The van der Waals surface area contributed by atoms with E-state index in [1.807, 2.05) is 36.4 Å². The summed E-state index contributed by atoms with van der Waals surface area (Å²) in [5.74, 6) is 1.33. The third-order valence-electron chi connectivity index (χ3n) is 4.89. The number of benzene rings is 2. The number of hydrogen-bond acceptors (Lipinski definition) is 3. The van der Waals surface area contributed by atoms with Crippen LogP contribution in [-0.4, -0.2) is 32.8 Å². The molecule has 0 aromatic heterocycles. The zero-order valence-electron chi connectivity index (χ0n) is 15.5. The summed E-state index contributed by atoms with van der Waals surface area (Å²) in [6, 6.07) is 16.0. The van der Waals surface area contributed by atoms with Crippen LogP contribution in [0.15, 0.2) is 48.5 Å². The lowest BCUT2D eigenvalue weighted by atomic mass is 10.1. The molecule has 1 fully saturated rings. The largest absolute Gasteiger partial charge is 0.497 e. The molecule has 2 aromatic rings. The van der Waals surface area contributed by atoms with Crippen LogP contribution in [0.3, 0.4) is 0 Å². The van der Waals surface area contributed by atoms with E-state index in [2.05, 4.69) is 34.6 Å². The summed E-state index contributed by atoms with van der Waals surface area (Å²) < 4.78 is 5.21. The number of carbonyl (C=O) groups is 1.